The van der Waals surface area contributed by atoms with Crippen molar-refractivity contribution in [2.75, 3.05) is 25.9 Å². The maximum absolute atomic E-state index is 13.0. The number of likely N-dealkylation sites (tertiary alicyclic amines) is 1. The van der Waals surface area contributed by atoms with Gasteiger partial charge in [0.1, 0.15) is 11.6 Å². The van der Waals surface area contributed by atoms with Gasteiger partial charge in [-0.15, -0.1) is 0 Å². The predicted molar refractivity (Wildman–Crippen MR) is 108 cm³/mol. The number of ether oxygens (including phenoxy) is 1. The number of nitrogen functional groups attached to an aromatic ring is 1. The first-order valence-corrected chi connectivity index (χ1v) is 9.77. The van der Waals surface area contributed by atoms with Crippen LogP contribution < -0.4 is 10.5 Å². The van der Waals surface area contributed by atoms with Crippen LogP contribution in [0.25, 0.3) is 5.69 Å². The molecule has 1 aliphatic heterocycles. The van der Waals surface area contributed by atoms with Crippen LogP contribution in [0.15, 0.2) is 47.1 Å². The molecule has 1 fully saturated rings. The minimum Gasteiger partial charge on any atom is -0.479 e. The van der Waals surface area contributed by atoms with Crippen LogP contribution in [-0.4, -0.2) is 51.7 Å². The number of carbonyl (C=O) groups is 2. The number of amides is 1. The molecule has 1 aromatic carbocycles. The highest BCUT2D eigenvalue weighted by molar-refractivity contribution is 6.02. The minimum absolute atomic E-state index is 0.0198. The van der Waals surface area contributed by atoms with Gasteiger partial charge >= 0.3 is 0 Å². The van der Waals surface area contributed by atoms with Gasteiger partial charge in [0.25, 0.3) is 5.88 Å². The van der Waals surface area contributed by atoms with Crippen molar-refractivity contribution in [1.82, 2.24) is 19.8 Å². The fourth-order valence-electron chi connectivity index (χ4n) is 3.64. The molecule has 0 aliphatic carbocycles. The van der Waals surface area contributed by atoms with E-state index in [1.54, 1.807) is 15.6 Å². The number of hydrogen-bond donors (Lipinski definition) is 1. The van der Waals surface area contributed by atoms with E-state index in [2.05, 4.69) is 10.3 Å². The molecule has 1 amide bonds. The number of methoxy groups -OCH3 is 1. The van der Waals surface area contributed by atoms with Gasteiger partial charge < -0.3 is 19.9 Å². The number of carbonyl (C=O) groups excluding carboxylic acids is 2. The molecule has 1 aliphatic rings. The summed E-state index contributed by atoms with van der Waals surface area (Å²) in [5.74, 6) is 0.912. The van der Waals surface area contributed by atoms with E-state index in [4.69, 9.17) is 15.0 Å². The third-order valence-corrected chi connectivity index (χ3v) is 5.32. The first-order chi connectivity index (χ1) is 14.6. The summed E-state index contributed by atoms with van der Waals surface area (Å²) in [6, 6.07) is 11.1. The lowest BCUT2D eigenvalue weighted by Crippen LogP contribution is -2.30. The van der Waals surface area contributed by atoms with Crippen molar-refractivity contribution in [2.24, 2.45) is 5.92 Å². The number of ketones is 1. The van der Waals surface area contributed by atoms with Crippen molar-refractivity contribution in [3.05, 3.63) is 53.9 Å². The number of benzene rings is 1. The highest BCUT2D eigenvalue weighted by atomic mass is 16.5. The number of aryl methyl sites for hydroxylation is 1. The van der Waals surface area contributed by atoms with Crippen LogP contribution in [0, 0.1) is 5.92 Å². The first kappa shape index (κ1) is 19.7. The van der Waals surface area contributed by atoms with Gasteiger partial charge in [0.15, 0.2) is 5.78 Å². The number of nitrogens with zero attached hydrogens (tertiary/aromatic N) is 4. The molecule has 9 nitrogen and oxygen atoms in total. The Bertz CT molecular complexity index is 1040. The topological polar surface area (TPSA) is 116 Å². The van der Waals surface area contributed by atoms with Crippen molar-refractivity contribution in [3.8, 4) is 11.6 Å². The summed E-state index contributed by atoms with van der Waals surface area (Å²) in [6.07, 6.45) is 2.83. The van der Waals surface area contributed by atoms with Crippen molar-refractivity contribution >= 4 is 17.5 Å². The molecule has 1 atom stereocenters. The fourth-order valence-corrected chi connectivity index (χ4v) is 3.64. The number of nitrogens with two attached hydrogens (primary N) is 1. The smallest absolute Gasteiger partial charge is 0.254 e. The largest absolute Gasteiger partial charge is 0.479 e. The molecule has 0 saturated carbocycles. The summed E-state index contributed by atoms with van der Waals surface area (Å²) >= 11 is 0. The average Bonchev–Trinajstić information content (AvgIpc) is 3.52. The molecule has 30 heavy (non-hydrogen) atoms. The molecular formula is C21H23N5O4. The lowest BCUT2D eigenvalue weighted by atomic mass is 9.98. The van der Waals surface area contributed by atoms with Gasteiger partial charge in [-0.1, -0.05) is 18.2 Å². The number of hydrogen-bond acceptors (Lipinski definition) is 7. The van der Waals surface area contributed by atoms with Crippen molar-refractivity contribution in [1.29, 1.82) is 0 Å². The number of anilines is 1. The number of para-hydroxylation sites is 1. The molecular weight excluding hydrogens is 386 g/mol. The summed E-state index contributed by atoms with van der Waals surface area (Å²) in [6.45, 7) is 0.926. The Hall–Kier alpha value is -3.62. The van der Waals surface area contributed by atoms with Crippen LogP contribution in [0.3, 0.4) is 0 Å². The minimum atomic E-state index is -0.282. The third-order valence-electron chi connectivity index (χ3n) is 5.32. The Morgan fingerprint density at radius 1 is 1.30 bits per heavy atom. The lowest BCUT2D eigenvalue weighted by Gasteiger charge is -2.15. The highest BCUT2D eigenvalue weighted by Gasteiger charge is 2.33. The van der Waals surface area contributed by atoms with Crippen LogP contribution >= 0.6 is 0 Å². The van der Waals surface area contributed by atoms with Crippen LogP contribution in [0.2, 0.25) is 0 Å². The summed E-state index contributed by atoms with van der Waals surface area (Å²) in [7, 11) is 1.50. The summed E-state index contributed by atoms with van der Waals surface area (Å²) < 4.78 is 11.6. The van der Waals surface area contributed by atoms with E-state index in [-0.39, 0.29) is 24.0 Å². The maximum atomic E-state index is 13.0. The number of rotatable bonds is 7. The van der Waals surface area contributed by atoms with E-state index in [1.807, 2.05) is 30.3 Å². The lowest BCUT2D eigenvalue weighted by molar-refractivity contribution is -0.130. The molecule has 156 valence electrons. The highest BCUT2D eigenvalue weighted by Crippen LogP contribution is 2.26. The zero-order valence-electron chi connectivity index (χ0n) is 16.7. The molecule has 2 N–H and O–H groups in total. The normalized spacial score (nSPS) is 16.0. The number of aromatic nitrogens is 3. The molecule has 0 bridgehead atoms. The Morgan fingerprint density at radius 3 is 2.83 bits per heavy atom. The maximum Gasteiger partial charge on any atom is 0.254 e. The standard InChI is InChI=1S/C21H23N5O4/c1-29-18-11-16(30-24-18)7-8-19(27)25-10-9-14(13-25)20(28)17-12-23-26(21(17)22)15-5-3-2-4-6-15/h2-6,11-12,14H,7-10,13,22H2,1H3/t14-/m1/s1. The van der Waals surface area contributed by atoms with Crippen molar-refractivity contribution < 1.29 is 18.8 Å². The van der Waals surface area contributed by atoms with E-state index in [0.29, 0.717) is 49.0 Å². The Balaban J connectivity index is 1.36. The quantitative estimate of drug-likeness (QED) is 0.594. The van der Waals surface area contributed by atoms with Gasteiger partial charge in [0.05, 0.1) is 24.6 Å². The second-order valence-corrected chi connectivity index (χ2v) is 7.22. The fraction of sp³-hybridized carbons (Fsp3) is 0.333. The molecule has 2 aromatic heterocycles. The summed E-state index contributed by atoms with van der Waals surface area (Å²) in [5, 5.41) is 7.99. The second-order valence-electron chi connectivity index (χ2n) is 7.22. The molecule has 0 radical (unpaired) electrons. The molecule has 9 heteroatoms. The van der Waals surface area contributed by atoms with Gasteiger partial charge in [-0.25, -0.2) is 4.68 Å². The van der Waals surface area contributed by atoms with Gasteiger partial charge in [-0.3, -0.25) is 9.59 Å². The molecule has 1 saturated heterocycles. The molecule has 4 rings (SSSR count). The van der Waals surface area contributed by atoms with Crippen LogP contribution in [0.4, 0.5) is 5.82 Å². The van der Waals surface area contributed by atoms with Gasteiger partial charge in [-0.05, 0) is 23.7 Å². The molecule has 0 unspecified atom stereocenters. The van der Waals surface area contributed by atoms with E-state index < -0.39 is 0 Å². The third kappa shape index (κ3) is 3.91. The van der Waals surface area contributed by atoms with Crippen molar-refractivity contribution in [3.63, 3.8) is 0 Å². The Morgan fingerprint density at radius 2 is 2.10 bits per heavy atom. The zero-order valence-corrected chi connectivity index (χ0v) is 16.7. The SMILES string of the molecule is COc1cc(CCC(=O)N2CC[C@@H](C(=O)c3cnn(-c4ccccc4)c3N)C2)on1. The molecule has 3 aromatic rings. The number of Topliss-reactive ketones (excluding diaryl/α,β-unsaturated/α-hetero) is 1. The predicted octanol–water partition coefficient (Wildman–Crippen LogP) is 2.12. The average molecular weight is 409 g/mol. The first-order valence-electron chi connectivity index (χ1n) is 9.77. The van der Waals surface area contributed by atoms with E-state index >= 15 is 0 Å². The van der Waals surface area contributed by atoms with Gasteiger partial charge in [0.2, 0.25) is 5.91 Å². The van der Waals surface area contributed by atoms with Crippen molar-refractivity contribution in [2.45, 2.75) is 19.3 Å². The Labute approximate surface area is 173 Å². The van der Waals surface area contributed by atoms with E-state index in [1.165, 1.54) is 13.3 Å². The van der Waals surface area contributed by atoms with Crippen LogP contribution in [-0.2, 0) is 11.2 Å². The van der Waals surface area contributed by atoms with Gasteiger partial charge in [0, 0.05) is 37.9 Å². The zero-order chi connectivity index (χ0) is 21.1. The van der Waals surface area contributed by atoms with E-state index in [0.717, 1.165) is 5.69 Å². The van der Waals surface area contributed by atoms with Crippen LogP contribution in [0.5, 0.6) is 5.88 Å². The molecule has 0 spiro atoms. The second kappa shape index (κ2) is 8.40. The molecule has 3 heterocycles. The summed E-state index contributed by atoms with van der Waals surface area (Å²) in [4.78, 5) is 27.2. The van der Waals surface area contributed by atoms with Gasteiger partial charge in [-0.2, -0.15) is 5.10 Å². The van der Waals surface area contributed by atoms with Crippen LogP contribution in [0.1, 0.15) is 29.0 Å². The Kier molecular flexibility index (Phi) is 5.51. The monoisotopic (exact) mass is 409 g/mol. The van der Waals surface area contributed by atoms with E-state index in [9.17, 15) is 9.59 Å². The summed E-state index contributed by atoms with van der Waals surface area (Å²) in [5.41, 5.74) is 7.38.